The van der Waals surface area contributed by atoms with Crippen LogP contribution in [0.15, 0.2) is 107 Å². The van der Waals surface area contributed by atoms with Gasteiger partial charge in [-0.2, -0.15) is 16.8 Å². The molecule has 0 saturated carbocycles. The van der Waals surface area contributed by atoms with E-state index in [9.17, 15) is 25.3 Å². The molecular formula is C33H44O10S3. The summed E-state index contributed by atoms with van der Waals surface area (Å²) < 4.78 is 83.6. The predicted octanol–water partition coefficient (Wildman–Crippen LogP) is 6.68. The van der Waals surface area contributed by atoms with E-state index >= 15 is 0 Å². The monoisotopic (exact) mass is 696 g/mol. The highest BCUT2D eigenvalue weighted by molar-refractivity contribution is 7.91. The molecule has 4 rings (SSSR count). The Hall–Kier alpha value is -3.75. The molecule has 0 aromatic heterocycles. The van der Waals surface area contributed by atoms with Crippen LogP contribution in [0.5, 0.6) is 17.2 Å². The van der Waals surface area contributed by atoms with Crippen molar-refractivity contribution < 1.29 is 43.1 Å². The van der Waals surface area contributed by atoms with E-state index in [4.69, 9.17) is 9.47 Å². The van der Waals surface area contributed by atoms with Crippen LogP contribution in [0.3, 0.4) is 0 Å². The normalized spacial score (nSPS) is 10.8. The molecule has 0 unspecified atom stereocenters. The first kappa shape index (κ1) is 42.2. The number of hydrogen-bond acceptors (Lipinski definition) is 10. The summed E-state index contributed by atoms with van der Waals surface area (Å²) in [7, 11) is -5.97. The summed E-state index contributed by atoms with van der Waals surface area (Å²) in [6, 6.07) is 29.2. The van der Waals surface area contributed by atoms with E-state index in [2.05, 4.69) is 20.5 Å². The van der Waals surface area contributed by atoms with Crippen LogP contribution in [0.2, 0.25) is 0 Å². The van der Waals surface area contributed by atoms with Gasteiger partial charge in [-0.1, -0.05) is 56.8 Å². The Morgan fingerprint density at radius 1 is 0.500 bits per heavy atom. The lowest BCUT2D eigenvalue weighted by atomic mass is 10.0. The molecule has 0 aliphatic rings. The number of benzene rings is 4. The van der Waals surface area contributed by atoms with Crippen LogP contribution >= 0.6 is 0 Å². The first-order valence-electron chi connectivity index (χ1n) is 12.9. The van der Waals surface area contributed by atoms with Gasteiger partial charge in [0.05, 0.1) is 43.6 Å². The largest absolute Gasteiger partial charge is 0.497 e. The molecule has 0 radical (unpaired) electrons. The zero-order valence-corrected chi connectivity index (χ0v) is 27.7. The van der Waals surface area contributed by atoms with Crippen molar-refractivity contribution in [2.75, 3.05) is 33.8 Å². The highest BCUT2D eigenvalue weighted by atomic mass is 32.2. The van der Waals surface area contributed by atoms with Crippen molar-refractivity contribution in [3.8, 4) is 17.2 Å². The number of aryl methyl sites for hydroxylation is 1. The summed E-state index contributed by atoms with van der Waals surface area (Å²) in [6.45, 7) is 1.92. The third-order valence-corrected chi connectivity index (χ3v) is 8.79. The zero-order chi connectivity index (χ0) is 33.0. The van der Waals surface area contributed by atoms with Gasteiger partial charge in [0.25, 0.3) is 20.2 Å². The third kappa shape index (κ3) is 15.0. The van der Waals surface area contributed by atoms with Crippen molar-refractivity contribution in [1.82, 2.24) is 0 Å². The molecule has 254 valence electrons. The Bertz CT molecular complexity index is 1750. The second kappa shape index (κ2) is 19.0. The molecular weight excluding hydrogens is 653 g/mol. The molecule has 0 N–H and O–H groups in total. The molecule has 46 heavy (non-hydrogen) atoms. The standard InChI is InChI=1S/C27H24O4S.2C2H6O3S.2CH4/c1-20-3-15-26(16-4-20)32(28,29)27-17-13-25(14-18-27)31-24-11-7-22(8-12-24)19-21-5-9-23(30-2)10-6-21;2*1-5-6(2,3)4;;/h3-18H,19H2,1-2H3;2*1-2H3;2*1H4. The molecule has 0 amide bonds. The first-order valence-corrected chi connectivity index (χ1v) is 18.0. The molecule has 0 atom stereocenters. The average Bonchev–Trinajstić information content (AvgIpc) is 2.99. The summed E-state index contributed by atoms with van der Waals surface area (Å²) in [5.41, 5.74) is 3.38. The molecule has 0 heterocycles. The van der Waals surface area contributed by atoms with Crippen molar-refractivity contribution in [3.05, 3.63) is 114 Å². The van der Waals surface area contributed by atoms with Crippen molar-refractivity contribution in [2.45, 2.75) is 38.0 Å². The Morgan fingerprint density at radius 2 is 0.804 bits per heavy atom. The molecule has 4 aromatic rings. The third-order valence-electron chi connectivity index (χ3n) is 5.80. The van der Waals surface area contributed by atoms with E-state index in [0.717, 1.165) is 44.5 Å². The van der Waals surface area contributed by atoms with E-state index in [1.807, 2.05) is 43.3 Å². The number of rotatable bonds is 9. The maximum atomic E-state index is 12.8. The molecule has 13 heteroatoms. The highest BCUT2D eigenvalue weighted by Crippen LogP contribution is 2.27. The quantitative estimate of drug-likeness (QED) is 0.174. The summed E-state index contributed by atoms with van der Waals surface area (Å²) >= 11 is 0. The number of sulfone groups is 1. The maximum absolute atomic E-state index is 12.8. The van der Waals surface area contributed by atoms with Gasteiger partial charge in [-0.25, -0.2) is 8.42 Å². The van der Waals surface area contributed by atoms with Crippen LogP contribution in [0.25, 0.3) is 0 Å². The van der Waals surface area contributed by atoms with E-state index < -0.39 is 30.1 Å². The van der Waals surface area contributed by atoms with Gasteiger partial charge in [-0.05, 0) is 85.1 Å². The van der Waals surface area contributed by atoms with Crippen molar-refractivity contribution in [3.63, 3.8) is 0 Å². The van der Waals surface area contributed by atoms with Crippen molar-refractivity contribution >= 4 is 30.1 Å². The summed E-state index contributed by atoms with van der Waals surface area (Å²) in [4.78, 5) is 0.521. The maximum Gasteiger partial charge on any atom is 0.264 e. The molecule has 0 spiro atoms. The summed E-state index contributed by atoms with van der Waals surface area (Å²) in [6.07, 6.45) is 2.80. The van der Waals surface area contributed by atoms with Crippen LogP contribution in [0, 0.1) is 6.92 Å². The fourth-order valence-electron chi connectivity index (χ4n) is 3.33. The van der Waals surface area contributed by atoms with Gasteiger partial charge in [-0.3, -0.25) is 8.37 Å². The Morgan fingerprint density at radius 3 is 1.13 bits per heavy atom. The second-order valence-electron chi connectivity index (χ2n) is 9.30. The minimum Gasteiger partial charge on any atom is -0.497 e. The lowest BCUT2D eigenvalue weighted by Gasteiger charge is -2.09. The van der Waals surface area contributed by atoms with Gasteiger partial charge in [0.2, 0.25) is 9.84 Å². The molecule has 0 fully saturated rings. The van der Waals surface area contributed by atoms with E-state index in [0.29, 0.717) is 11.5 Å². The van der Waals surface area contributed by atoms with Crippen LogP contribution in [-0.2, 0) is 44.9 Å². The topological polar surface area (TPSA) is 139 Å². The zero-order valence-electron chi connectivity index (χ0n) is 25.3. The molecule has 4 aromatic carbocycles. The fourth-order valence-corrected chi connectivity index (χ4v) is 4.59. The van der Waals surface area contributed by atoms with Crippen LogP contribution in [0.1, 0.15) is 31.5 Å². The van der Waals surface area contributed by atoms with Crippen LogP contribution in [-0.4, -0.2) is 59.1 Å². The van der Waals surface area contributed by atoms with Gasteiger partial charge >= 0.3 is 0 Å². The number of hydrogen-bond donors (Lipinski definition) is 0. The molecule has 0 saturated heterocycles. The van der Waals surface area contributed by atoms with Crippen LogP contribution in [0.4, 0.5) is 0 Å². The molecule has 0 bridgehead atoms. The van der Waals surface area contributed by atoms with E-state index in [-0.39, 0.29) is 24.6 Å². The molecule has 10 nitrogen and oxygen atoms in total. The minimum absolute atomic E-state index is 0. The minimum atomic E-state index is -3.55. The molecule has 0 aliphatic carbocycles. The Labute approximate surface area is 275 Å². The van der Waals surface area contributed by atoms with Crippen molar-refractivity contribution in [2.24, 2.45) is 0 Å². The number of methoxy groups -OCH3 is 1. The summed E-state index contributed by atoms with van der Waals surface area (Å²) in [5.74, 6) is 2.11. The Balaban J connectivity index is 0.00000124. The van der Waals surface area contributed by atoms with Crippen molar-refractivity contribution in [1.29, 1.82) is 0 Å². The molecule has 0 aliphatic heterocycles. The van der Waals surface area contributed by atoms with Gasteiger partial charge in [0.15, 0.2) is 0 Å². The van der Waals surface area contributed by atoms with Gasteiger partial charge in [0, 0.05) is 0 Å². The average molecular weight is 697 g/mol. The fraction of sp³-hybridized carbons (Fsp3) is 0.273. The lowest BCUT2D eigenvalue weighted by molar-refractivity contribution is 0.402. The first-order chi connectivity index (χ1) is 20.6. The smallest absolute Gasteiger partial charge is 0.264 e. The Kier molecular flexibility index (Phi) is 17.5. The van der Waals surface area contributed by atoms with E-state index in [1.165, 1.54) is 11.1 Å². The summed E-state index contributed by atoms with van der Waals surface area (Å²) in [5, 5.41) is 0. The second-order valence-corrected chi connectivity index (χ2v) is 14.7. The SMILES string of the molecule is C.C.COS(C)(=O)=O.COS(C)(=O)=O.COc1ccc(Cc2ccc(Oc3ccc(S(=O)(=O)c4ccc(C)cc4)cc3)cc2)cc1. The predicted molar refractivity (Wildman–Crippen MR) is 183 cm³/mol. The van der Waals surface area contributed by atoms with E-state index in [1.54, 1.807) is 55.6 Å². The van der Waals surface area contributed by atoms with Gasteiger partial charge in [-0.15, -0.1) is 0 Å². The highest BCUT2D eigenvalue weighted by Gasteiger charge is 2.17. The number of ether oxygens (including phenoxy) is 2. The van der Waals surface area contributed by atoms with Crippen LogP contribution < -0.4 is 9.47 Å². The van der Waals surface area contributed by atoms with Gasteiger partial charge in [0.1, 0.15) is 17.2 Å². The lowest BCUT2D eigenvalue weighted by Crippen LogP contribution is -2.01. The van der Waals surface area contributed by atoms with Gasteiger partial charge < -0.3 is 9.47 Å².